The summed E-state index contributed by atoms with van der Waals surface area (Å²) in [4.78, 5) is 30.9. The van der Waals surface area contributed by atoms with Gasteiger partial charge in [-0.15, -0.1) is 0 Å². The van der Waals surface area contributed by atoms with Crippen molar-refractivity contribution in [1.29, 1.82) is 0 Å². The fraction of sp³-hybridized carbons (Fsp3) is 0.0526. The molecule has 140 valence electrons. The van der Waals surface area contributed by atoms with Gasteiger partial charge in [0.05, 0.1) is 23.9 Å². The lowest BCUT2D eigenvalue weighted by Crippen LogP contribution is -2.21. The van der Waals surface area contributed by atoms with Crippen LogP contribution in [0.4, 0.5) is 5.69 Å². The average Bonchev–Trinajstić information content (AvgIpc) is 3.12. The van der Waals surface area contributed by atoms with Gasteiger partial charge in [-0.1, -0.05) is 29.8 Å². The molecule has 28 heavy (non-hydrogen) atoms. The highest BCUT2D eigenvalue weighted by Gasteiger charge is 2.14. The number of nitrogens with one attached hydrogen (secondary N) is 2. The summed E-state index contributed by atoms with van der Waals surface area (Å²) in [5, 5.41) is 7.90. The highest BCUT2D eigenvalue weighted by molar-refractivity contribution is 6.30. The van der Waals surface area contributed by atoms with Gasteiger partial charge < -0.3 is 15.0 Å². The molecule has 0 saturated heterocycles. The number of aromatic amines is 1. The Bertz CT molecular complexity index is 1220. The van der Waals surface area contributed by atoms with Gasteiger partial charge in [-0.3, -0.25) is 9.59 Å². The number of H-pyrrole nitrogens is 1. The Kier molecular flexibility index (Phi) is 4.77. The predicted octanol–water partition coefficient (Wildman–Crippen LogP) is 2.78. The van der Waals surface area contributed by atoms with E-state index in [1.165, 1.54) is 17.2 Å². The van der Waals surface area contributed by atoms with Crippen molar-refractivity contribution in [2.24, 2.45) is 0 Å². The van der Waals surface area contributed by atoms with E-state index in [1.54, 1.807) is 48.5 Å². The number of amides is 1. The normalized spacial score (nSPS) is 10.8. The molecule has 0 aliphatic carbocycles. The maximum Gasteiger partial charge on any atom is 0.262 e. The Morgan fingerprint density at radius 3 is 2.93 bits per heavy atom. The number of ether oxygens (including phenoxy) is 1. The molecule has 0 spiro atoms. The van der Waals surface area contributed by atoms with Crippen LogP contribution in [0.3, 0.4) is 0 Å². The van der Waals surface area contributed by atoms with E-state index in [0.717, 1.165) is 0 Å². The van der Waals surface area contributed by atoms with Gasteiger partial charge in [0.1, 0.15) is 11.1 Å². The number of fused-ring (bicyclic) bond motifs is 1. The summed E-state index contributed by atoms with van der Waals surface area (Å²) in [6.45, 7) is -0.188. The Balaban J connectivity index is 1.57. The number of aromatic nitrogens is 4. The van der Waals surface area contributed by atoms with Crippen LogP contribution >= 0.6 is 11.6 Å². The summed E-state index contributed by atoms with van der Waals surface area (Å²) in [7, 11) is 0. The Morgan fingerprint density at radius 2 is 2.07 bits per heavy atom. The summed E-state index contributed by atoms with van der Waals surface area (Å²) >= 11 is 5.91. The minimum atomic E-state index is -0.352. The smallest absolute Gasteiger partial charge is 0.262 e. The second kappa shape index (κ2) is 7.53. The molecule has 2 aromatic heterocycles. The van der Waals surface area contributed by atoms with E-state index in [1.807, 2.05) is 0 Å². The fourth-order valence-corrected chi connectivity index (χ4v) is 2.87. The number of halogens is 1. The summed E-state index contributed by atoms with van der Waals surface area (Å²) in [6.07, 6.45) is 2.74. The van der Waals surface area contributed by atoms with Crippen LogP contribution in [0.2, 0.25) is 5.02 Å². The van der Waals surface area contributed by atoms with Crippen molar-refractivity contribution in [3.05, 3.63) is 76.4 Å². The minimum Gasteiger partial charge on any atom is -0.484 e. The number of carbonyl (C=O) groups excluding carboxylic acids is 1. The molecular formula is C19H14ClN5O3. The quantitative estimate of drug-likeness (QED) is 0.541. The van der Waals surface area contributed by atoms with Crippen LogP contribution in [0, 0.1) is 0 Å². The molecule has 2 heterocycles. The lowest BCUT2D eigenvalue weighted by Gasteiger charge is -2.12. The first kappa shape index (κ1) is 17.7. The lowest BCUT2D eigenvalue weighted by atomic mass is 10.2. The van der Waals surface area contributed by atoms with Crippen LogP contribution in [-0.2, 0) is 4.79 Å². The highest BCUT2D eigenvalue weighted by Crippen LogP contribution is 2.22. The van der Waals surface area contributed by atoms with Gasteiger partial charge in [-0.2, -0.15) is 5.10 Å². The van der Waals surface area contributed by atoms with Crippen molar-refractivity contribution >= 4 is 34.2 Å². The maximum absolute atomic E-state index is 12.3. The van der Waals surface area contributed by atoms with Gasteiger partial charge in [0, 0.05) is 5.02 Å². The van der Waals surface area contributed by atoms with Crippen molar-refractivity contribution in [1.82, 2.24) is 19.7 Å². The number of rotatable bonds is 5. The summed E-state index contributed by atoms with van der Waals surface area (Å²) in [5.41, 5.74) is 1.19. The number of hydrogen-bond acceptors (Lipinski definition) is 5. The Morgan fingerprint density at radius 1 is 1.21 bits per heavy atom. The third-order valence-electron chi connectivity index (χ3n) is 3.94. The minimum absolute atomic E-state index is 0.188. The van der Waals surface area contributed by atoms with Gasteiger partial charge in [0.15, 0.2) is 12.3 Å². The molecule has 8 nitrogen and oxygen atoms in total. The van der Waals surface area contributed by atoms with E-state index < -0.39 is 0 Å². The first-order valence-corrected chi connectivity index (χ1v) is 8.68. The molecule has 0 bridgehead atoms. The van der Waals surface area contributed by atoms with E-state index in [9.17, 15) is 9.59 Å². The first-order valence-electron chi connectivity index (χ1n) is 8.31. The number of anilines is 1. The molecule has 0 saturated carbocycles. The molecular weight excluding hydrogens is 382 g/mol. The van der Waals surface area contributed by atoms with Crippen molar-refractivity contribution in [3.63, 3.8) is 0 Å². The van der Waals surface area contributed by atoms with E-state index >= 15 is 0 Å². The zero-order valence-corrected chi connectivity index (χ0v) is 15.2. The zero-order chi connectivity index (χ0) is 19.5. The Hall–Kier alpha value is -3.65. The van der Waals surface area contributed by atoms with Crippen LogP contribution < -0.4 is 15.6 Å². The molecule has 0 unspecified atom stereocenters. The van der Waals surface area contributed by atoms with E-state index in [0.29, 0.717) is 33.2 Å². The van der Waals surface area contributed by atoms with Crippen molar-refractivity contribution in [2.75, 3.05) is 11.9 Å². The second-order valence-electron chi connectivity index (χ2n) is 5.84. The van der Waals surface area contributed by atoms with Gasteiger partial charge in [0.25, 0.3) is 11.5 Å². The van der Waals surface area contributed by atoms with E-state index in [-0.39, 0.29) is 18.1 Å². The number of nitrogens with zero attached hydrogens (tertiary/aromatic N) is 3. The van der Waals surface area contributed by atoms with Crippen LogP contribution in [0.1, 0.15) is 0 Å². The Labute approximate surface area is 163 Å². The van der Waals surface area contributed by atoms with E-state index in [4.69, 9.17) is 16.3 Å². The summed E-state index contributed by atoms with van der Waals surface area (Å²) < 4.78 is 6.96. The first-order chi connectivity index (χ1) is 13.6. The third kappa shape index (κ3) is 3.58. The van der Waals surface area contributed by atoms with Crippen LogP contribution in [0.5, 0.6) is 5.75 Å². The lowest BCUT2D eigenvalue weighted by molar-refractivity contribution is -0.118. The molecule has 0 radical (unpaired) electrons. The third-order valence-corrected chi connectivity index (χ3v) is 4.18. The van der Waals surface area contributed by atoms with Gasteiger partial charge in [-0.05, 0) is 30.3 Å². The summed E-state index contributed by atoms with van der Waals surface area (Å²) in [6, 6.07) is 13.9. The van der Waals surface area contributed by atoms with Gasteiger partial charge >= 0.3 is 0 Å². The molecule has 2 N–H and O–H groups in total. The van der Waals surface area contributed by atoms with Crippen molar-refractivity contribution in [3.8, 4) is 11.4 Å². The second-order valence-corrected chi connectivity index (χ2v) is 6.27. The molecule has 0 atom stereocenters. The fourth-order valence-electron chi connectivity index (χ4n) is 2.69. The average molecular weight is 396 g/mol. The molecule has 0 fully saturated rings. The largest absolute Gasteiger partial charge is 0.484 e. The molecule has 4 aromatic rings. The number of hydrogen-bond donors (Lipinski definition) is 2. The highest BCUT2D eigenvalue weighted by atomic mass is 35.5. The number of para-hydroxylation sites is 2. The standard InChI is InChI=1S/C19H14ClN5O3/c20-12-4-3-5-13(8-12)28-10-17(26)24-15-6-1-2-7-16(15)25-18-14(9-23-25)19(27)22-11-21-18/h1-9,11H,10H2,(H,24,26)(H,21,22,27). The maximum atomic E-state index is 12.3. The monoisotopic (exact) mass is 395 g/mol. The molecule has 0 aliphatic heterocycles. The SMILES string of the molecule is O=C(COc1cccc(Cl)c1)Nc1ccccc1-n1ncc2c(=O)[nH]cnc21. The number of benzene rings is 2. The molecule has 4 rings (SSSR count). The van der Waals surface area contributed by atoms with Crippen LogP contribution in [0.25, 0.3) is 16.7 Å². The van der Waals surface area contributed by atoms with Gasteiger partial charge in [0.2, 0.25) is 0 Å². The van der Waals surface area contributed by atoms with Crippen molar-refractivity contribution in [2.45, 2.75) is 0 Å². The van der Waals surface area contributed by atoms with Crippen molar-refractivity contribution < 1.29 is 9.53 Å². The number of carbonyl (C=O) groups is 1. The molecule has 2 aromatic carbocycles. The predicted molar refractivity (Wildman–Crippen MR) is 105 cm³/mol. The van der Waals surface area contributed by atoms with Crippen LogP contribution in [0.15, 0.2) is 65.8 Å². The van der Waals surface area contributed by atoms with E-state index in [2.05, 4.69) is 20.4 Å². The topological polar surface area (TPSA) is 102 Å². The molecule has 9 heteroatoms. The molecule has 1 amide bonds. The molecule has 0 aliphatic rings. The van der Waals surface area contributed by atoms with Gasteiger partial charge in [-0.25, -0.2) is 9.67 Å². The van der Waals surface area contributed by atoms with Crippen LogP contribution in [-0.4, -0.2) is 32.3 Å². The zero-order valence-electron chi connectivity index (χ0n) is 14.4. The summed E-state index contributed by atoms with van der Waals surface area (Å²) in [5.74, 6) is 0.145.